The molecule has 0 aliphatic rings. The number of aryl methyl sites for hydroxylation is 1. The zero-order chi connectivity index (χ0) is 11.1. The predicted molar refractivity (Wildman–Crippen MR) is 61.1 cm³/mol. The Bertz CT molecular complexity index is 305. The summed E-state index contributed by atoms with van der Waals surface area (Å²) in [6, 6.07) is 0. The molecule has 3 nitrogen and oxygen atoms in total. The van der Waals surface area contributed by atoms with Crippen LogP contribution in [0.4, 0.5) is 0 Å². The summed E-state index contributed by atoms with van der Waals surface area (Å²) in [4.78, 5) is 15.1. The Morgan fingerprint density at radius 1 is 1.33 bits per heavy atom. The summed E-state index contributed by atoms with van der Waals surface area (Å²) in [6.07, 6.45) is 8.12. The second-order valence-electron chi connectivity index (χ2n) is 3.83. The van der Waals surface area contributed by atoms with Crippen LogP contribution in [0.3, 0.4) is 0 Å². The Balaban J connectivity index is 2.75. The maximum Gasteiger partial charge on any atom is 0.168 e. The maximum atomic E-state index is 10.8. The average molecular weight is 208 g/mol. The first-order valence-electron chi connectivity index (χ1n) is 5.83. The molecular weight excluding hydrogens is 188 g/mol. The van der Waals surface area contributed by atoms with Crippen molar-refractivity contribution in [3.8, 4) is 0 Å². The van der Waals surface area contributed by atoms with Crippen molar-refractivity contribution in [2.24, 2.45) is 0 Å². The Labute approximate surface area is 91.5 Å². The van der Waals surface area contributed by atoms with Crippen molar-refractivity contribution in [2.45, 2.75) is 52.5 Å². The molecule has 1 aromatic heterocycles. The lowest BCUT2D eigenvalue weighted by atomic mass is 10.2. The van der Waals surface area contributed by atoms with Gasteiger partial charge in [-0.25, -0.2) is 4.98 Å². The molecule has 1 rings (SSSR count). The van der Waals surface area contributed by atoms with Crippen molar-refractivity contribution in [1.82, 2.24) is 9.55 Å². The smallest absolute Gasteiger partial charge is 0.168 e. The van der Waals surface area contributed by atoms with Crippen LogP contribution in [0.25, 0.3) is 0 Å². The van der Waals surface area contributed by atoms with E-state index in [2.05, 4.69) is 23.4 Å². The normalized spacial score (nSPS) is 10.5. The van der Waals surface area contributed by atoms with Gasteiger partial charge in [0.2, 0.25) is 0 Å². The van der Waals surface area contributed by atoms with E-state index in [9.17, 15) is 4.79 Å². The maximum absolute atomic E-state index is 10.8. The van der Waals surface area contributed by atoms with E-state index in [-0.39, 0.29) is 0 Å². The van der Waals surface area contributed by atoms with Crippen LogP contribution >= 0.6 is 0 Å². The fourth-order valence-electron chi connectivity index (χ4n) is 1.63. The van der Waals surface area contributed by atoms with Crippen LogP contribution in [0.5, 0.6) is 0 Å². The van der Waals surface area contributed by atoms with Crippen molar-refractivity contribution < 1.29 is 4.79 Å². The fourth-order valence-corrected chi connectivity index (χ4v) is 1.63. The van der Waals surface area contributed by atoms with Crippen LogP contribution in [0.2, 0.25) is 0 Å². The number of imidazole rings is 1. The second-order valence-corrected chi connectivity index (χ2v) is 3.83. The molecule has 0 fully saturated rings. The molecule has 0 bridgehead atoms. The number of hydrogen-bond donors (Lipinski definition) is 0. The van der Waals surface area contributed by atoms with Gasteiger partial charge in [-0.2, -0.15) is 0 Å². The van der Waals surface area contributed by atoms with Crippen LogP contribution in [0, 0.1) is 0 Å². The topological polar surface area (TPSA) is 34.9 Å². The predicted octanol–water partition coefficient (Wildman–Crippen LogP) is 2.84. The molecule has 1 aromatic rings. The lowest BCUT2D eigenvalue weighted by Crippen LogP contribution is -2.07. The number of aromatic nitrogens is 2. The summed E-state index contributed by atoms with van der Waals surface area (Å²) >= 11 is 0. The molecule has 0 N–H and O–H groups in total. The third-order valence-corrected chi connectivity index (χ3v) is 2.58. The summed E-state index contributed by atoms with van der Waals surface area (Å²) in [5.74, 6) is 1.06. The summed E-state index contributed by atoms with van der Waals surface area (Å²) in [5, 5.41) is 0. The molecular formula is C12H20N2O. The van der Waals surface area contributed by atoms with Crippen LogP contribution in [-0.2, 0) is 13.0 Å². The van der Waals surface area contributed by atoms with E-state index in [0.29, 0.717) is 0 Å². The molecule has 15 heavy (non-hydrogen) atoms. The van der Waals surface area contributed by atoms with Gasteiger partial charge in [0.15, 0.2) is 6.29 Å². The van der Waals surface area contributed by atoms with Gasteiger partial charge in [0.05, 0.1) is 6.20 Å². The van der Waals surface area contributed by atoms with Crippen molar-refractivity contribution >= 4 is 6.29 Å². The highest BCUT2D eigenvalue weighted by Gasteiger charge is 2.07. The summed E-state index contributed by atoms with van der Waals surface area (Å²) in [6.45, 7) is 5.24. The van der Waals surface area contributed by atoms with E-state index < -0.39 is 0 Å². The molecule has 3 heteroatoms. The molecule has 1 heterocycles. The van der Waals surface area contributed by atoms with E-state index in [1.165, 1.54) is 0 Å². The highest BCUT2D eigenvalue weighted by atomic mass is 16.1. The first kappa shape index (κ1) is 12.0. The van der Waals surface area contributed by atoms with Gasteiger partial charge in [0.25, 0.3) is 0 Å². The van der Waals surface area contributed by atoms with Crippen LogP contribution in [0.1, 0.15) is 55.8 Å². The second kappa shape index (κ2) is 6.38. The van der Waals surface area contributed by atoms with E-state index in [4.69, 9.17) is 0 Å². The van der Waals surface area contributed by atoms with Gasteiger partial charge in [-0.05, 0) is 12.8 Å². The monoisotopic (exact) mass is 208 g/mol. The first-order chi connectivity index (χ1) is 7.33. The molecule has 0 aliphatic heterocycles. The number of nitrogens with zero attached hydrogens (tertiary/aromatic N) is 2. The van der Waals surface area contributed by atoms with Gasteiger partial charge in [-0.3, -0.25) is 4.79 Å². The zero-order valence-electron chi connectivity index (χ0n) is 9.70. The molecule has 0 saturated heterocycles. The van der Waals surface area contributed by atoms with E-state index in [1.807, 2.05) is 0 Å². The summed E-state index contributed by atoms with van der Waals surface area (Å²) in [5.41, 5.74) is 0.717. The number of rotatable bonds is 7. The number of aldehydes is 1. The third-order valence-electron chi connectivity index (χ3n) is 2.58. The van der Waals surface area contributed by atoms with Crippen molar-refractivity contribution in [3.63, 3.8) is 0 Å². The lowest BCUT2D eigenvalue weighted by Gasteiger charge is -2.08. The number of unbranched alkanes of at least 4 members (excludes halogenated alkanes) is 2. The van der Waals surface area contributed by atoms with Gasteiger partial charge in [-0.1, -0.05) is 26.7 Å². The number of hydrogen-bond acceptors (Lipinski definition) is 2. The molecule has 0 amide bonds. The summed E-state index contributed by atoms with van der Waals surface area (Å²) in [7, 11) is 0. The zero-order valence-corrected chi connectivity index (χ0v) is 9.70. The first-order valence-corrected chi connectivity index (χ1v) is 5.83. The Hall–Kier alpha value is -1.12. The fraction of sp³-hybridized carbons (Fsp3) is 0.667. The Morgan fingerprint density at radius 2 is 2.07 bits per heavy atom. The van der Waals surface area contributed by atoms with Crippen molar-refractivity contribution in [3.05, 3.63) is 17.7 Å². The van der Waals surface area contributed by atoms with Gasteiger partial charge < -0.3 is 4.57 Å². The van der Waals surface area contributed by atoms with E-state index >= 15 is 0 Å². The molecule has 0 unspecified atom stereocenters. The largest absolute Gasteiger partial charge is 0.326 e. The van der Waals surface area contributed by atoms with Crippen LogP contribution in [0.15, 0.2) is 6.20 Å². The standard InChI is InChI=1S/C12H20N2O/c1-3-5-7-12-13-9-11(10-15)14(12)8-6-4-2/h9-10H,3-8H2,1-2H3. The summed E-state index contributed by atoms with van der Waals surface area (Å²) < 4.78 is 2.06. The molecule has 0 aliphatic carbocycles. The van der Waals surface area contributed by atoms with Crippen LogP contribution in [-0.4, -0.2) is 15.8 Å². The SMILES string of the molecule is CCCCc1ncc(C=O)n1CCCC. The highest BCUT2D eigenvalue weighted by Crippen LogP contribution is 2.09. The van der Waals surface area contributed by atoms with Gasteiger partial charge in [0.1, 0.15) is 11.5 Å². The third kappa shape index (κ3) is 3.18. The number of carbonyl (C=O) groups excluding carboxylic acids is 1. The molecule has 0 atom stereocenters. The minimum atomic E-state index is 0.717. The van der Waals surface area contributed by atoms with Crippen molar-refractivity contribution in [1.29, 1.82) is 0 Å². The van der Waals surface area contributed by atoms with Crippen molar-refractivity contribution in [2.75, 3.05) is 0 Å². The molecule has 84 valence electrons. The molecule has 0 radical (unpaired) electrons. The quantitative estimate of drug-likeness (QED) is 0.646. The average Bonchev–Trinajstić information content (AvgIpc) is 2.65. The minimum Gasteiger partial charge on any atom is -0.326 e. The van der Waals surface area contributed by atoms with E-state index in [0.717, 1.165) is 56.5 Å². The van der Waals surface area contributed by atoms with Gasteiger partial charge in [-0.15, -0.1) is 0 Å². The van der Waals surface area contributed by atoms with Gasteiger partial charge >= 0.3 is 0 Å². The minimum absolute atomic E-state index is 0.717. The highest BCUT2D eigenvalue weighted by molar-refractivity contribution is 5.71. The van der Waals surface area contributed by atoms with E-state index in [1.54, 1.807) is 6.20 Å². The van der Waals surface area contributed by atoms with Crippen LogP contribution < -0.4 is 0 Å². The number of carbonyl (C=O) groups is 1. The lowest BCUT2D eigenvalue weighted by molar-refractivity contribution is 0.111. The Morgan fingerprint density at radius 3 is 2.67 bits per heavy atom. The molecule has 0 spiro atoms. The Kier molecular flexibility index (Phi) is 5.08. The molecule has 0 saturated carbocycles. The van der Waals surface area contributed by atoms with Gasteiger partial charge in [0, 0.05) is 13.0 Å². The molecule has 0 aromatic carbocycles.